The van der Waals surface area contributed by atoms with Crippen molar-refractivity contribution in [1.29, 1.82) is 0 Å². The van der Waals surface area contributed by atoms with Crippen molar-refractivity contribution in [3.05, 3.63) is 45.6 Å². The maximum Gasteiger partial charge on any atom is 0.232 e. The van der Waals surface area contributed by atoms with Crippen LogP contribution in [0.3, 0.4) is 0 Å². The van der Waals surface area contributed by atoms with Crippen LogP contribution in [0.1, 0.15) is 67.1 Å². The molecule has 0 saturated heterocycles. The van der Waals surface area contributed by atoms with E-state index in [0.29, 0.717) is 24.0 Å². The molecule has 1 N–H and O–H groups in total. The van der Waals surface area contributed by atoms with Crippen molar-refractivity contribution in [2.24, 2.45) is 5.92 Å². The molecule has 1 aliphatic heterocycles. The summed E-state index contributed by atoms with van der Waals surface area (Å²) in [6, 6.07) is 4.00. The van der Waals surface area contributed by atoms with Gasteiger partial charge in [-0.2, -0.15) is 0 Å². The van der Waals surface area contributed by atoms with Gasteiger partial charge in [-0.25, -0.2) is 4.98 Å². The summed E-state index contributed by atoms with van der Waals surface area (Å²) >= 11 is 0. The summed E-state index contributed by atoms with van der Waals surface area (Å²) in [5, 5.41) is 10.4. The van der Waals surface area contributed by atoms with E-state index in [9.17, 15) is 9.90 Å². The Morgan fingerprint density at radius 1 is 1.16 bits per heavy atom. The number of carbonyl (C=O) groups excluding carboxylic acids is 1. The first-order valence-electron chi connectivity index (χ1n) is 11.2. The molecular weight excluding hydrogens is 388 g/mol. The third kappa shape index (κ3) is 4.70. The predicted octanol–water partition coefficient (Wildman–Crippen LogP) is 5.49. The van der Waals surface area contributed by atoms with Crippen LogP contribution in [0.15, 0.2) is 12.1 Å². The molecular formula is C26H36N2O3. The summed E-state index contributed by atoms with van der Waals surface area (Å²) in [5.41, 5.74) is 5.14. The van der Waals surface area contributed by atoms with E-state index in [1.165, 1.54) is 0 Å². The van der Waals surface area contributed by atoms with E-state index >= 15 is 0 Å². The van der Waals surface area contributed by atoms with Gasteiger partial charge in [0.2, 0.25) is 5.91 Å². The first-order chi connectivity index (χ1) is 14.4. The molecule has 2 heterocycles. The Hall–Kier alpha value is -2.56. The number of benzene rings is 1. The van der Waals surface area contributed by atoms with Crippen LogP contribution in [0.5, 0.6) is 11.5 Å². The van der Waals surface area contributed by atoms with Gasteiger partial charge < -0.3 is 9.84 Å². The minimum Gasteiger partial charge on any atom is -0.507 e. The molecule has 0 spiro atoms. The van der Waals surface area contributed by atoms with Crippen molar-refractivity contribution in [2.45, 2.75) is 80.3 Å². The molecule has 5 heteroatoms. The fourth-order valence-electron chi connectivity index (χ4n) is 4.48. The number of pyridine rings is 1. The number of phenols is 1. The number of anilines is 1. The van der Waals surface area contributed by atoms with E-state index in [2.05, 4.69) is 18.8 Å². The van der Waals surface area contributed by atoms with Crippen LogP contribution in [0.4, 0.5) is 5.82 Å². The maximum atomic E-state index is 13.5. The minimum absolute atomic E-state index is 0.0297. The van der Waals surface area contributed by atoms with Gasteiger partial charge in [-0.1, -0.05) is 13.8 Å². The summed E-state index contributed by atoms with van der Waals surface area (Å²) in [4.78, 5) is 20.0. The third-order valence-electron chi connectivity index (χ3n) is 6.33. The monoisotopic (exact) mass is 424 g/mol. The van der Waals surface area contributed by atoms with E-state index in [4.69, 9.17) is 4.74 Å². The Labute approximate surface area is 186 Å². The first kappa shape index (κ1) is 23.1. The van der Waals surface area contributed by atoms with Gasteiger partial charge in [0.25, 0.3) is 0 Å². The molecule has 0 radical (unpaired) electrons. The van der Waals surface area contributed by atoms with Crippen LogP contribution in [0, 0.1) is 40.5 Å². The lowest BCUT2D eigenvalue weighted by molar-refractivity contribution is -0.122. The molecule has 0 fully saturated rings. The molecule has 1 aliphatic rings. The molecule has 1 unspecified atom stereocenters. The van der Waals surface area contributed by atoms with E-state index in [1.54, 1.807) is 0 Å². The largest absolute Gasteiger partial charge is 0.507 e. The number of rotatable bonds is 5. The smallest absolute Gasteiger partial charge is 0.232 e. The molecule has 0 saturated carbocycles. The first-order valence-corrected chi connectivity index (χ1v) is 11.2. The Balaban J connectivity index is 1.90. The van der Waals surface area contributed by atoms with Crippen molar-refractivity contribution >= 4 is 11.7 Å². The van der Waals surface area contributed by atoms with Gasteiger partial charge in [0.1, 0.15) is 22.9 Å². The van der Waals surface area contributed by atoms with Crippen LogP contribution >= 0.6 is 0 Å². The van der Waals surface area contributed by atoms with Crippen molar-refractivity contribution in [3.8, 4) is 11.5 Å². The summed E-state index contributed by atoms with van der Waals surface area (Å²) < 4.78 is 6.50. The summed E-state index contributed by atoms with van der Waals surface area (Å²) in [6.07, 6.45) is 1.79. The van der Waals surface area contributed by atoms with Gasteiger partial charge in [-0.3, -0.25) is 9.69 Å². The number of aryl methyl sites for hydroxylation is 2. The fourth-order valence-corrected chi connectivity index (χ4v) is 4.48. The van der Waals surface area contributed by atoms with E-state index in [1.807, 2.05) is 58.6 Å². The Morgan fingerprint density at radius 3 is 2.45 bits per heavy atom. The molecule has 0 aliphatic carbocycles. The summed E-state index contributed by atoms with van der Waals surface area (Å²) in [5.74, 6) is 2.24. The zero-order valence-electron chi connectivity index (χ0n) is 20.2. The maximum absolute atomic E-state index is 13.5. The number of fused-ring (bicyclic) bond motifs is 1. The van der Waals surface area contributed by atoms with Crippen LogP contribution < -0.4 is 9.64 Å². The number of nitrogens with zero attached hydrogens (tertiary/aromatic N) is 2. The SMILES string of the molecule is Cc1cc(C)nc(N(CC(C)C)C(=O)CC2(C)CCc3c(C)c(O)c(C)c(C)c3O2)c1. The Morgan fingerprint density at radius 2 is 1.84 bits per heavy atom. The molecule has 0 bridgehead atoms. The highest BCUT2D eigenvalue weighted by molar-refractivity contribution is 5.93. The van der Waals surface area contributed by atoms with Crippen molar-refractivity contribution in [2.75, 3.05) is 11.4 Å². The summed E-state index contributed by atoms with van der Waals surface area (Å²) in [7, 11) is 0. The fraction of sp³-hybridized carbons (Fsp3) is 0.538. The second-order valence-corrected chi connectivity index (χ2v) is 9.80. The van der Waals surface area contributed by atoms with Crippen molar-refractivity contribution in [3.63, 3.8) is 0 Å². The quantitative estimate of drug-likeness (QED) is 0.689. The molecule has 1 aromatic carbocycles. The van der Waals surface area contributed by atoms with E-state index in [-0.39, 0.29) is 12.3 Å². The molecule has 168 valence electrons. The van der Waals surface area contributed by atoms with E-state index < -0.39 is 5.60 Å². The number of phenolic OH excluding ortho intramolecular Hbond substituents is 1. The molecule has 1 aromatic heterocycles. The number of ether oxygens (including phenoxy) is 1. The lowest BCUT2D eigenvalue weighted by Gasteiger charge is -2.38. The van der Waals surface area contributed by atoms with Gasteiger partial charge in [-0.05, 0) is 94.7 Å². The Bertz CT molecular complexity index is 992. The molecule has 3 rings (SSSR count). The highest BCUT2D eigenvalue weighted by Gasteiger charge is 2.38. The van der Waals surface area contributed by atoms with Crippen molar-refractivity contribution in [1.82, 2.24) is 4.98 Å². The van der Waals surface area contributed by atoms with Crippen LogP contribution in [-0.2, 0) is 11.2 Å². The summed E-state index contributed by atoms with van der Waals surface area (Å²) in [6.45, 7) is 16.7. The lowest BCUT2D eigenvalue weighted by Crippen LogP contribution is -2.45. The van der Waals surface area contributed by atoms with Crippen LogP contribution in [0.25, 0.3) is 0 Å². The minimum atomic E-state index is -0.598. The normalized spacial score (nSPS) is 18.0. The average molecular weight is 425 g/mol. The lowest BCUT2D eigenvalue weighted by atomic mass is 9.85. The number of hydrogen-bond donors (Lipinski definition) is 1. The van der Waals surface area contributed by atoms with Crippen LogP contribution in [-0.4, -0.2) is 28.1 Å². The standard InChI is InChI=1S/C26H36N2O3/c1-15(2)14-28(22-12-16(3)11-17(4)27-22)23(29)13-26(8)10-9-21-20(7)24(30)18(5)19(6)25(21)31-26/h11-12,15,30H,9-10,13-14H2,1-8H3. The molecule has 31 heavy (non-hydrogen) atoms. The average Bonchev–Trinajstić information content (AvgIpc) is 2.67. The number of aromatic nitrogens is 1. The second-order valence-electron chi connectivity index (χ2n) is 9.80. The number of carbonyl (C=O) groups is 1. The van der Waals surface area contributed by atoms with Crippen molar-refractivity contribution < 1.29 is 14.6 Å². The predicted molar refractivity (Wildman–Crippen MR) is 125 cm³/mol. The van der Waals surface area contributed by atoms with E-state index in [0.717, 1.165) is 52.1 Å². The van der Waals surface area contributed by atoms with Gasteiger partial charge in [0, 0.05) is 17.8 Å². The highest BCUT2D eigenvalue weighted by atomic mass is 16.5. The zero-order valence-corrected chi connectivity index (χ0v) is 20.2. The van der Waals surface area contributed by atoms with Gasteiger partial charge in [0.15, 0.2) is 0 Å². The van der Waals surface area contributed by atoms with Gasteiger partial charge >= 0.3 is 0 Å². The number of aromatic hydroxyl groups is 1. The molecule has 1 amide bonds. The number of amides is 1. The van der Waals surface area contributed by atoms with Gasteiger partial charge in [0.05, 0.1) is 6.42 Å². The van der Waals surface area contributed by atoms with Crippen LogP contribution in [0.2, 0.25) is 0 Å². The zero-order chi connectivity index (χ0) is 23.1. The topological polar surface area (TPSA) is 62.7 Å². The number of hydrogen-bond acceptors (Lipinski definition) is 4. The highest BCUT2D eigenvalue weighted by Crippen LogP contribution is 2.44. The second kappa shape index (κ2) is 8.52. The third-order valence-corrected chi connectivity index (χ3v) is 6.33. The molecule has 2 aromatic rings. The van der Waals surface area contributed by atoms with Gasteiger partial charge in [-0.15, -0.1) is 0 Å². The molecule has 1 atom stereocenters. The Kier molecular flexibility index (Phi) is 6.35. The molecule has 5 nitrogen and oxygen atoms in total.